The Balaban J connectivity index is 2.84. The standard InChI is InChI=1S/C12H23N3O/c1-9(6-7-16-5)15-11(3)12(8-13-4)10(2)14-15/h9,13H,6-8H2,1-5H3. The van der Waals surface area contributed by atoms with Crippen LogP contribution in [-0.4, -0.2) is 30.5 Å². The van der Waals surface area contributed by atoms with Crippen molar-refractivity contribution in [2.24, 2.45) is 0 Å². The Bertz CT molecular complexity index is 333. The van der Waals surface area contributed by atoms with Crippen molar-refractivity contribution in [3.63, 3.8) is 0 Å². The highest BCUT2D eigenvalue weighted by Gasteiger charge is 2.14. The minimum Gasteiger partial charge on any atom is -0.385 e. The minimum atomic E-state index is 0.393. The van der Waals surface area contributed by atoms with Crippen molar-refractivity contribution in [1.29, 1.82) is 0 Å². The summed E-state index contributed by atoms with van der Waals surface area (Å²) in [7, 11) is 3.70. The molecule has 1 atom stereocenters. The van der Waals surface area contributed by atoms with Crippen LogP contribution < -0.4 is 5.32 Å². The highest BCUT2D eigenvalue weighted by molar-refractivity contribution is 5.24. The van der Waals surface area contributed by atoms with Gasteiger partial charge in [0.05, 0.1) is 11.7 Å². The zero-order valence-corrected chi connectivity index (χ0v) is 11.0. The molecule has 0 spiro atoms. The average molecular weight is 225 g/mol. The monoisotopic (exact) mass is 225 g/mol. The summed E-state index contributed by atoms with van der Waals surface area (Å²) >= 11 is 0. The van der Waals surface area contributed by atoms with Crippen molar-refractivity contribution in [2.45, 2.75) is 39.8 Å². The molecule has 1 unspecified atom stereocenters. The molecule has 0 saturated carbocycles. The van der Waals surface area contributed by atoms with Crippen molar-refractivity contribution in [3.05, 3.63) is 17.0 Å². The summed E-state index contributed by atoms with van der Waals surface area (Å²) < 4.78 is 7.22. The van der Waals surface area contributed by atoms with E-state index in [0.717, 1.165) is 25.3 Å². The number of hydrogen-bond donors (Lipinski definition) is 1. The second kappa shape index (κ2) is 6.01. The molecule has 0 aliphatic carbocycles. The third kappa shape index (κ3) is 2.83. The van der Waals surface area contributed by atoms with Gasteiger partial charge in [0.2, 0.25) is 0 Å². The number of hydrogen-bond acceptors (Lipinski definition) is 3. The maximum Gasteiger partial charge on any atom is 0.0641 e. The van der Waals surface area contributed by atoms with Crippen LogP contribution in [0.5, 0.6) is 0 Å². The van der Waals surface area contributed by atoms with Crippen LogP contribution in [0.25, 0.3) is 0 Å². The lowest BCUT2D eigenvalue weighted by Crippen LogP contribution is -2.12. The van der Waals surface area contributed by atoms with Gasteiger partial charge in [0, 0.05) is 31.5 Å². The van der Waals surface area contributed by atoms with Crippen LogP contribution in [0, 0.1) is 13.8 Å². The lowest BCUT2D eigenvalue weighted by molar-refractivity contribution is 0.178. The predicted octanol–water partition coefficient (Wildman–Crippen LogP) is 1.82. The number of aromatic nitrogens is 2. The van der Waals surface area contributed by atoms with E-state index in [-0.39, 0.29) is 0 Å². The first kappa shape index (κ1) is 13.2. The van der Waals surface area contributed by atoms with Crippen LogP contribution in [0.15, 0.2) is 0 Å². The van der Waals surface area contributed by atoms with Crippen LogP contribution in [0.3, 0.4) is 0 Å². The molecule has 0 bridgehead atoms. The van der Waals surface area contributed by atoms with E-state index in [1.54, 1.807) is 7.11 Å². The number of ether oxygens (including phenoxy) is 1. The maximum absolute atomic E-state index is 5.10. The van der Waals surface area contributed by atoms with E-state index in [0.29, 0.717) is 6.04 Å². The molecule has 0 aliphatic heterocycles. The lowest BCUT2D eigenvalue weighted by Gasteiger charge is -2.14. The molecule has 92 valence electrons. The van der Waals surface area contributed by atoms with Gasteiger partial charge in [-0.2, -0.15) is 5.10 Å². The molecule has 1 heterocycles. The van der Waals surface area contributed by atoms with E-state index in [9.17, 15) is 0 Å². The van der Waals surface area contributed by atoms with Crippen molar-refractivity contribution >= 4 is 0 Å². The fourth-order valence-electron chi connectivity index (χ4n) is 1.97. The Labute approximate surface area is 98.0 Å². The van der Waals surface area contributed by atoms with Gasteiger partial charge < -0.3 is 10.1 Å². The van der Waals surface area contributed by atoms with Crippen molar-refractivity contribution in [1.82, 2.24) is 15.1 Å². The summed E-state index contributed by atoms with van der Waals surface area (Å²) in [5.41, 5.74) is 3.69. The highest BCUT2D eigenvalue weighted by atomic mass is 16.5. The quantitative estimate of drug-likeness (QED) is 0.802. The fourth-order valence-corrected chi connectivity index (χ4v) is 1.97. The lowest BCUT2D eigenvalue weighted by atomic mass is 10.2. The van der Waals surface area contributed by atoms with Gasteiger partial charge in [0.25, 0.3) is 0 Å². The van der Waals surface area contributed by atoms with Gasteiger partial charge in [0.15, 0.2) is 0 Å². The van der Waals surface area contributed by atoms with E-state index in [1.807, 2.05) is 7.05 Å². The first-order valence-electron chi connectivity index (χ1n) is 5.80. The zero-order valence-electron chi connectivity index (χ0n) is 11.0. The number of methoxy groups -OCH3 is 1. The van der Waals surface area contributed by atoms with Crippen LogP contribution in [-0.2, 0) is 11.3 Å². The molecule has 1 rings (SSSR count). The summed E-state index contributed by atoms with van der Waals surface area (Å²) in [6.45, 7) is 8.05. The van der Waals surface area contributed by atoms with Gasteiger partial charge >= 0.3 is 0 Å². The Hall–Kier alpha value is -0.870. The van der Waals surface area contributed by atoms with Crippen molar-refractivity contribution < 1.29 is 4.74 Å². The largest absolute Gasteiger partial charge is 0.385 e. The van der Waals surface area contributed by atoms with Crippen LogP contribution in [0.2, 0.25) is 0 Å². The van der Waals surface area contributed by atoms with Crippen LogP contribution in [0.1, 0.15) is 36.3 Å². The normalized spacial score (nSPS) is 13.1. The SMILES string of the molecule is CNCc1c(C)nn(C(C)CCOC)c1C. The van der Waals surface area contributed by atoms with E-state index in [4.69, 9.17) is 4.74 Å². The average Bonchev–Trinajstić information content (AvgIpc) is 2.54. The van der Waals surface area contributed by atoms with Gasteiger partial charge in [0.1, 0.15) is 0 Å². The maximum atomic E-state index is 5.10. The Morgan fingerprint density at radius 2 is 2.12 bits per heavy atom. The summed E-state index contributed by atoms with van der Waals surface area (Å²) in [6, 6.07) is 0.393. The van der Waals surface area contributed by atoms with E-state index in [2.05, 4.69) is 35.9 Å². The third-order valence-electron chi connectivity index (χ3n) is 2.99. The Kier molecular flexibility index (Phi) is 4.96. The number of rotatable bonds is 6. The summed E-state index contributed by atoms with van der Waals surface area (Å²) in [5, 5.41) is 7.79. The fraction of sp³-hybridized carbons (Fsp3) is 0.750. The van der Waals surface area contributed by atoms with Gasteiger partial charge in [-0.05, 0) is 34.2 Å². The molecule has 1 aromatic rings. The molecule has 1 aromatic heterocycles. The molecule has 0 aliphatic rings. The minimum absolute atomic E-state index is 0.393. The smallest absolute Gasteiger partial charge is 0.0641 e. The second-order valence-corrected chi connectivity index (χ2v) is 4.25. The first-order valence-corrected chi connectivity index (χ1v) is 5.80. The molecular formula is C12H23N3O. The number of nitrogens with one attached hydrogen (secondary N) is 1. The molecule has 4 nitrogen and oxygen atoms in total. The highest BCUT2D eigenvalue weighted by Crippen LogP contribution is 2.19. The van der Waals surface area contributed by atoms with Gasteiger partial charge in [-0.15, -0.1) is 0 Å². The molecule has 0 amide bonds. The molecule has 0 saturated heterocycles. The van der Waals surface area contributed by atoms with Crippen molar-refractivity contribution in [3.8, 4) is 0 Å². The second-order valence-electron chi connectivity index (χ2n) is 4.25. The van der Waals surface area contributed by atoms with Crippen LogP contribution >= 0.6 is 0 Å². The molecule has 4 heteroatoms. The Morgan fingerprint density at radius 1 is 1.44 bits per heavy atom. The van der Waals surface area contributed by atoms with E-state index in [1.165, 1.54) is 11.3 Å². The zero-order chi connectivity index (χ0) is 12.1. The predicted molar refractivity (Wildman–Crippen MR) is 65.7 cm³/mol. The van der Waals surface area contributed by atoms with Crippen LogP contribution in [0.4, 0.5) is 0 Å². The molecule has 0 fully saturated rings. The molecule has 0 radical (unpaired) electrons. The summed E-state index contributed by atoms with van der Waals surface area (Å²) in [6.07, 6.45) is 0.997. The van der Waals surface area contributed by atoms with E-state index < -0.39 is 0 Å². The van der Waals surface area contributed by atoms with Gasteiger partial charge in [-0.3, -0.25) is 4.68 Å². The summed E-state index contributed by atoms with van der Waals surface area (Å²) in [4.78, 5) is 0. The summed E-state index contributed by atoms with van der Waals surface area (Å²) in [5.74, 6) is 0. The molecule has 1 N–H and O–H groups in total. The molecular weight excluding hydrogens is 202 g/mol. The Morgan fingerprint density at radius 3 is 2.69 bits per heavy atom. The van der Waals surface area contributed by atoms with E-state index >= 15 is 0 Å². The third-order valence-corrected chi connectivity index (χ3v) is 2.99. The number of nitrogens with zero attached hydrogens (tertiary/aromatic N) is 2. The van der Waals surface area contributed by atoms with Crippen molar-refractivity contribution in [2.75, 3.05) is 20.8 Å². The van der Waals surface area contributed by atoms with Gasteiger partial charge in [-0.1, -0.05) is 0 Å². The molecule has 16 heavy (non-hydrogen) atoms. The number of aryl methyl sites for hydroxylation is 1. The van der Waals surface area contributed by atoms with Gasteiger partial charge in [-0.25, -0.2) is 0 Å². The first-order chi connectivity index (χ1) is 7.61. The molecule has 0 aromatic carbocycles. The topological polar surface area (TPSA) is 39.1 Å².